The van der Waals surface area contributed by atoms with E-state index in [-0.39, 0.29) is 11.9 Å². The molecule has 1 N–H and O–H groups in total. The largest absolute Gasteiger partial charge is 0.493 e. The van der Waals surface area contributed by atoms with Gasteiger partial charge in [-0.3, -0.25) is 9.69 Å². The first-order chi connectivity index (χ1) is 12.7. The smallest absolute Gasteiger partial charge is 0.242 e. The van der Waals surface area contributed by atoms with E-state index in [2.05, 4.69) is 10.2 Å². The molecule has 1 amide bonds. The van der Waals surface area contributed by atoms with Crippen LogP contribution in [0.1, 0.15) is 30.0 Å². The molecule has 1 saturated heterocycles. The van der Waals surface area contributed by atoms with Gasteiger partial charge in [0.2, 0.25) is 5.91 Å². The van der Waals surface area contributed by atoms with Gasteiger partial charge in [-0.1, -0.05) is 36.4 Å². The molecule has 1 heterocycles. The van der Waals surface area contributed by atoms with Crippen molar-refractivity contribution in [2.75, 3.05) is 27.3 Å². The lowest BCUT2D eigenvalue weighted by atomic mass is 10.0. The molecule has 2 aromatic carbocycles. The average molecular weight is 354 g/mol. The quantitative estimate of drug-likeness (QED) is 0.830. The number of hydrogen-bond acceptors (Lipinski definition) is 4. The van der Waals surface area contributed by atoms with Crippen molar-refractivity contribution in [3.05, 3.63) is 59.7 Å². The maximum Gasteiger partial charge on any atom is 0.242 e. The lowest BCUT2D eigenvalue weighted by molar-refractivity contribution is -0.126. The number of carbonyl (C=O) groups is 1. The Morgan fingerprint density at radius 3 is 2.38 bits per heavy atom. The van der Waals surface area contributed by atoms with Crippen LogP contribution < -0.4 is 14.8 Å². The van der Waals surface area contributed by atoms with E-state index in [0.717, 1.165) is 37.1 Å². The number of carbonyl (C=O) groups excluding carboxylic acids is 1. The normalized spacial score (nSPS) is 15.5. The summed E-state index contributed by atoms with van der Waals surface area (Å²) in [7, 11) is 3.22. The fraction of sp³-hybridized carbons (Fsp3) is 0.381. The zero-order valence-electron chi connectivity index (χ0n) is 15.4. The minimum atomic E-state index is -0.237. The Labute approximate surface area is 154 Å². The molecule has 0 bridgehead atoms. The first-order valence-electron chi connectivity index (χ1n) is 9.00. The van der Waals surface area contributed by atoms with Gasteiger partial charge in [-0.05, 0) is 49.2 Å². The number of likely N-dealkylation sites (tertiary alicyclic amines) is 1. The first kappa shape index (κ1) is 18.3. The molecule has 2 aromatic rings. The van der Waals surface area contributed by atoms with Crippen LogP contribution in [0.2, 0.25) is 0 Å². The fourth-order valence-corrected chi connectivity index (χ4v) is 3.44. The number of nitrogens with one attached hydrogen (secondary N) is 1. The monoisotopic (exact) mass is 354 g/mol. The minimum Gasteiger partial charge on any atom is -0.493 e. The molecule has 5 heteroatoms. The SMILES string of the molecule is COc1ccc(CNC(=O)C(c2ccccc2)N2CCCC2)cc1OC. The van der Waals surface area contributed by atoms with Crippen molar-refractivity contribution in [2.24, 2.45) is 0 Å². The molecule has 5 nitrogen and oxygen atoms in total. The predicted molar refractivity (Wildman–Crippen MR) is 101 cm³/mol. The molecule has 0 saturated carbocycles. The van der Waals surface area contributed by atoms with Gasteiger partial charge in [0.25, 0.3) is 0 Å². The van der Waals surface area contributed by atoms with Crippen LogP contribution in [0.15, 0.2) is 48.5 Å². The van der Waals surface area contributed by atoms with Crippen molar-refractivity contribution in [3.8, 4) is 11.5 Å². The van der Waals surface area contributed by atoms with E-state index in [1.807, 2.05) is 48.5 Å². The van der Waals surface area contributed by atoms with Gasteiger partial charge in [-0.2, -0.15) is 0 Å². The molecule has 1 aliphatic rings. The summed E-state index contributed by atoms with van der Waals surface area (Å²) in [6.07, 6.45) is 2.29. The molecule has 1 fully saturated rings. The second-order valence-electron chi connectivity index (χ2n) is 6.46. The van der Waals surface area contributed by atoms with Crippen molar-refractivity contribution < 1.29 is 14.3 Å². The van der Waals surface area contributed by atoms with Gasteiger partial charge in [0.05, 0.1) is 14.2 Å². The Morgan fingerprint density at radius 1 is 1.04 bits per heavy atom. The summed E-state index contributed by atoms with van der Waals surface area (Å²) < 4.78 is 10.6. The molecule has 1 aliphatic heterocycles. The number of amides is 1. The zero-order chi connectivity index (χ0) is 18.4. The van der Waals surface area contributed by atoms with Crippen LogP contribution in [0.5, 0.6) is 11.5 Å². The van der Waals surface area contributed by atoms with Crippen molar-refractivity contribution in [3.63, 3.8) is 0 Å². The highest BCUT2D eigenvalue weighted by Gasteiger charge is 2.29. The van der Waals surface area contributed by atoms with E-state index in [1.165, 1.54) is 0 Å². The van der Waals surface area contributed by atoms with Crippen LogP contribution in [0.25, 0.3) is 0 Å². The van der Waals surface area contributed by atoms with E-state index in [1.54, 1.807) is 14.2 Å². The van der Waals surface area contributed by atoms with Gasteiger partial charge in [-0.15, -0.1) is 0 Å². The van der Waals surface area contributed by atoms with Crippen LogP contribution in [-0.2, 0) is 11.3 Å². The Balaban J connectivity index is 1.72. The number of benzene rings is 2. The van der Waals surface area contributed by atoms with Crippen LogP contribution in [0, 0.1) is 0 Å². The number of rotatable bonds is 7. The molecule has 138 valence electrons. The van der Waals surface area contributed by atoms with Gasteiger partial charge in [0.15, 0.2) is 11.5 Å². The van der Waals surface area contributed by atoms with Gasteiger partial charge in [-0.25, -0.2) is 0 Å². The minimum absolute atomic E-state index is 0.0351. The maximum atomic E-state index is 13.0. The topological polar surface area (TPSA) is 50.8 Å². The molecule has 0 aliphatic carbocycles. The van der Waals surface area contributed by atoms with Crippen LogP contribution in [0.4, 0.5) is 0 Å². The van der Waals surface area contributed by atoms with E-state index in [4.69, 9.17) is 9.47 Å². The highest BCUT2D eigenvalue weighted by Crippen LogP contribution is 2.28. The van der Waals surface area contributed by atoms with Crippen molar-refractivity contribution >= 4 is 5.91 Å². The van der Waals surface area contributed by atoms with Crippen LogP contribution in [0.3, 0.4) is 0 Å². The number of methoxy groups -OCH3 is 2. The summed E-state index contributed by atoms with van der Waals surface area (Å²) in [5.74, 6) is 1.38. The van der Waals surface area contributed by atoms with Crippen molar-refractivity contribution in [1.29, 1.82) is 0 Å². The summed E-state index contributed by atoms with van der Waals surface area (Å²) in [5.41, 5.74) is 2.02. The van der Waals surface area contributed by atoms with E-state index in [9.17, 15) is 4.79 Å². The van der Waals surface area contributed by atoms with Crippen LogP contribution in [-0.4, -0.2) is 38.1 Å². The van der Waals surface area contributed by atoms with Gasteiger partial charge in [0.1, 0.15) is 6.04 Å². The fourth-order valence-electron chi connectivity index (χ4n) is 3.44. The van der Waals surface area contributed by atoms with E-state index in [0.29, 0.717) is 18.0 Å². The number of nitrogens with zero attached hydrogens (tertiary/aromatic N) is 1. The maximum absolute atomic E-state index is 13.0. The Bertz CT molecular complexity index is 727. The lowest BCUT2D eigenvalue weighted by Crippen LogP contribution is -2.39. The highest BCUT2D eigenvalue weighted by molar-refractivity contribution is 5.83. The van der Waals surface area contributed by atoms with Crippen molar-refractivity contribution in [1.82, 2.24) is 10.2 Å². The zero-order valence-corrected chi connectivity index (χ0v) is 15.4. The summed E-state index contributed by atoms with van der Waals surface area (Å²) in [6.45, 7) is 2.38. The summed E-state index contributed by atoms with van der Waals surface area (Å²) in [6, 6.07) is 15.5. The van der Waals surface area contributed by atoms with E-state index >= 15 is 0 Å². The first-order valence-corrected chi connectivity index (χ1v) is 9.00. The number of hydrogen-bond donors (Lipinski definition) is 1. The van der Waals surface area contributed by atoms with Crippen LogP contribution >= 0.6 is 0 Å². The highest BCUT2D eigenvalue weighted by atomic mass is 16.5. The van der Waals surface area contributed by atoms with Gasteiger partial charge < -0.3 is 14.8 Å². The average Bonchev–Trinajstić information content (AvgIpc) is 3.21. The third kappa shape index (κ3) is 4.17. The molecule has 1 unspecified atom stereocenters. The predicted octanol–water partition coefficient (Wildman–Crippen LogP) is 3.16. The lowest BCUT2D eigenvalue weighted by Gasteiger charge is -2.27. The van der Waals surface area contributed by atoms with Gasteiger partial charge in [0, 0.05) is 6.54 Å². The third-order valence-electron chi connectivity index (χ3n) is 4.78. The Hall–Kier alpha value is -2.53. The van der Waals surface area contributed by atoms with Gasteiger partial charge >= 0.3 is 0 Å². The molecule has 0 radical (unpaired) electrons. The summed E-state index contributed by atoms with van der Waals surface area (Å²) >= 11 is 0. The Kier molecular flexibility index (Phi) is 6.12. The molecule has 0 spiro atoms. The molecular weight excluding hydrogens is 328 g/mol. The third-order valence-corrected chi connectivity index (χ3v) is 4.78. The Morgan fingerprint density at radius 2 is 1.73 bits per heavy atom. The molecule has 0 aromatic heterocycles. The molecule has 3 rings (SSSR count). The molecular formula is C21H26N2O3. The second kappa shape index (κ2) is 8.72. The number of ether oxygens (including phenoxy) is 2. The summed E-state index contributed by atoms with van der Waals surface area (Å²) in [4.78, 5) is 15.2. The van der Waals surface area contributed by atoms with Crippen molar-refractivity contribution in [2.45, 2.75) is 25.4 Å². The molecule has 1 atom stereocenters. The summed E-state index contributed by atoms with van der Waals surface area (Å²) in [5, 5.41) is 3.09. The standard InChI is InChI=1S/C21H26N2O3/c1-25-18-11-10-16(14-19(18)26-2)15-22-21(24)20(23-12-6-7-13-23)17-8-4-3-5-9-17/h3-5,8-11,14,20H,6-7,12-13,15H2,1-2H3,(H,22,24). The second-order valence-corrected chi connectivity index (χ2v) is 6.46. The molecule has 26 heavy (non-hydrogen) atoms. The van der Waals surface area contributed by atoms with E-state index < -0.39 is 0 Å².